The van der Waals surface area contributed by atoms with E-state index in [0.29, 0.717) is 0 Å². The van der Waals surface area contributed by atoms with Gasteiger partial charge in [-0.2, -0.15) is 0 Å². The quantitative estimate of drug-likeness (QED) is 0.714. The molecule has 0 radical (unpaired) electrons. The molecule has 2 fully saturated rings. The molecule has 0 aromatic carbocycles. The molecule has 2 saturated heterocycles. The van der Waals surface area contributed by atoms with Crippen LogP contribution < -0.4 is 0 Å². The highest BCUT2D eigenvalue weighted by atomic mass is 16.5. The predicted octanol–water partition coefficient (Wildman–Crippen LogP) is 3.42. The van der Waals surface area contributed by atoms with E-state index in [-0.39, 0.29) is 11.2 Å². The number of hydrogen-bond acceptors (Lipinski definition) is 5. The van der Waals surface area contributed by atoms with Crippen LogP contribution in [0.1, 0.15) is 60.8 Å². The van der Waals surface area contributed by atoms with E-state index < -0.39 is 0 Å². The van der Waals surface area contributed by atoms with Crippen LogP contribution in [0.5, 0.6) is 0 Å². The van der Waals surface area contributed by atoms with E-state index in [2.05, 4.69) is 51.3 Å². The monoisotopic (exact) mass is 372 g/mol. The van der Waals surface area contributed by atoms with Crippen LogP contribution >= 0.6 is 0 Å². The molecule has 2 aliphatic rings. The molecule has 0 bridgehead atoms. The van der Waals surface area contributed by atoms with Crippen molar-refractivity contribution in [3.05, 3.63) is 0 Å². The van der Waals surface area contributed by atoms with Gasteiger partial charge in [0.05, 0.1) is 37.6 Å². The summed E-state index contributed by atoms with van der Waals surface area (Å²) in [5, 5.41) is 0. The third kappa shape index (κ3) is 13.9. The van der Waals surface area contributed by atoms with Crippen LogP contribution in [-0.2, 0) is 14.2 Å². The van der Waals surface area contributed by atoms with Gasteiger partial charge in [0.15, 0.2) is 0 Å². The molecule has 0 atom stereocenters. The Balaban J connectivity index is 0.000000260. The summed E-state index contributed by atoms with van der Waals surface area (Å²) < 4.78 is 16.6. The molecule has 0 aliphatic carbocycles. The lowest BCUT2D eigenvalue weighted by atomic mass is 10.1. The average Bonchev–Trinajstić information content (AvgIpc) is 2.55. The molecule has 0 saturated carbocycles. The maximum Gasteiger partial charge on any atom is 0.0600 e. The molecule has 2 heterocycles. The van der Waals surface area contributed by atoms with Crippen LogP contribution in [0.15, 0.2) is 0 Å². The fourth-order valence-corrected chi connectivity index (χ4v) is 2.97. The zero-order chi connectivity index (χ0) is 19.5. The van der Waals surface area contributed by atoms with Crippen LogP contribution in [0.4, 0.5) is 0 Å². The molecule has 0 spiro atoms. The molecule has 0 amide bonds. The zero-order valence-electron chi connectivity index (χ0n) is 18.3. The second kappa shape index (κ2) is 12.3. The fourth-order valence-electron chi connectivity index (χ4n) is 2.97. The van der Waals surface area contributed by atoms with Crippen LogP contribution in [0.25, 0.3) is 0 Å². The van der Waals surface area contributed by atoms with Gasteiger partial charge in [-0.25, -0.2) is 0 Å². The highest BCUT2D eigenvalue weighted by Crippen LogP contribution is 2.10. The van der Waals surface area contributed by atoms with Crippen molar-refractivity contribution in [3.63, 3.8) is 0 Å². The first kappa shape index (κ1) is 23.8. The van der Waals surface area contributed by atoms with E-state index >= 15 is 0 Å². The second-order valence-corrected chi connectivity index (χ2v) is 9.28. The highest BCUT2D eigenvalue weighted by Gasteiger charge is 2.14. The molecule has 0 aromatic rings. The predicted molar refractivity (Wildman–Crippen MR) is 109 cm³/mol. The van der Waals surface area contributed by atoms with E-state index in [1.165, 1.54) is 32.4 Å². The van der Waals surface area contributed by atoms with E-state index in [1.807, 2.05) is 0 Å². The Bertz CT molecular complexity index is 304. The van der Waals surface area contributed by atoms with Crippen molar-refractivity contribution in [1.82, 2.24) is 9.80 Å². The molecular formula is C21H44N2O3. The Morgan fingerprint density at radius 2 is 1.08 bits per heavy atom. The van der Waals surface area contributed by atoms with E-state index in [1.54, 1.807) is 0 Å². The summed E-state index contributed by atoms with van der Waals surface area (Å²) in [7, 11) is 0. The van der Waals surface area contributed by atoms with Gasteiger partial charge in [0.2, 0.25) is 0 Å². The summed E-state index contributed by atoms with van der Waals surface area (Å²) in [5.41, 5.74) is 0.0159. The Hall–Kier alpha value is -0.200. The molecular weight excluding hydrogens is 328 g/mol. The largest absolute Gasteiger partial charge is 0.379 e. The van der Waals surface area contributed by atoms with Gasteiger partial charge in [0.1, 0.15) is 0 Å². The number of morpholine rings is 1. The lowest BCUT2D eigenvalue weighted by Gasteiger charge is -2.28. The highest BCUT2D eigenvalue weighted by molar-refractivity contribution is 4.66. The Morgan fingerprint density at radius 1 is 0.654 bits per heavy atom. The average molecular weight is 373 g/mol. The zero-order valence-corrected chi connectivity index (χ0v) is 18.3. The summed E-state index contributed by atoms with van der Waals surface area (Å²) >= 11 is 0. The van der Waals surface area contributed by atoms with Crippen molar-refractivity contribution in [1.29, 1.82) is 0 Å². The summed E-state index contributed by atoms with van der Waals surface area (Å²) in [6.45, 7) is 22.8. The summed E-state index contributed by atoms with van der Waals surface area (Å²) in [4.78, 5) is 4.89. The van der Waals surface area contributed by atoms with Crippen LogP contribution in [0, 0.1) is 0 Å². The van der Waals surface area contributed by atoms with Gasteiger partial charge in [-0.3, -0.25) is 4.90 Å². The number of rotatable bonds is 6. The molecule has 26 heavy (non-hydrogen) atoms. The maximum absolute atomic E-state index is 5.69. The number of piperidine rings is 1. The topological polar surface area (TPSA) is 34.2 Å². The smallest absolute Gasteiger partial charge is 0.0600 e. The number of likely N-dealkylation sites (tertiary alicyclic amines) is 1. The Labute approximate surface area is 162 Å². The minimum Gasteiger partial charge on any atom is -0.379 e. The molecule has 0 aromatic heterocycles. The van der Waals surface area contributed by atoms with Crippen molar-refractivity contribution >= 4 is 0 Å². The molecule has 5 heteroatoms. The van der Waals surface area contributed by atoms with Gasteiger partial charge in [-0.15, -0.1) is 0 Å². The Kier molecular flexibility index (Phi) is 11.3. The molecule has 2 rings (SSSR count). The van der Waals surface area contributed by atoms with Gasteiger partial charge in [-0.1, -0.05) is 6.42 Å². The lowest BCUT2D eigenvalue weighted by molar-refractivity contribution is -0.0283. The van der Waals surface area contributed by atoms with Gasteiger partial charge in [0, 0.05) is 26.2 Å². The third-order valence-corrected chi connectivity index (χ3v) is 4.44. The summed E-state index contributed by atoms with van der Waals surface area (Å²) in [6, 6.07) is 0. The lowest BCUT2D eigenvalue weighted by Crippen LogP contribution is -2.39. The first-order chi connectivity index (χ1) is 12.2. The van der Waals surface area contributed by atoms with Gasteiger partial charge < -0.3 is 19.1 Å². The third-order valence-electron chi connectivity index (χ3n) is 4.44. The molecule has 156 valence electrons. The van der Waals surface area contributed by atoms with Crippen molar-refractivity contribution in [3.8, 4) is 0 Å². The first-order valence-electron chi connectivity index (χ1n) is 10.5. The maximum atomic E-state index is 5.69. The Morgan fingerprint density at radius 3 is 1.50 bits per heavy atom. The standard InChI is InChI=1S/C11H23NO.C10H21NO2/c1-11(2,3)13-10-9-12-7-5-4-6-8-12;1-10(2,3)13-9-6-11-4-7-12-8-5-11/h4-10H2,1-3H3;4-9H2,1-3H3. The van der Waals surface area contributed by atoms with E-state index in [0.717, 1.165) is 52.6 Å². The van der Waals surface area contributed by atoms with Crippen molar-refractivity contribution < 1.29 is 14.2 Å². The van der Waals surface area contributed by atoms with Crippen molar-refractivity contribution in [2.75, 3.05) is 65.7 Å². The fraction of sp³-hybridized carbons (Fsp3) is 1.00. The number of ether oxygens (including phenoxy) is 3. The normalized spacial score (nSPS) is 20.5. The van der Waals surface area contributed by atoms with Crippen LogP contribution in [0.3, 0.4) is 0 Å². The van der Waals surface area contributed by atoms with E-state index in [9.17, 15) is 0 Å². The van der Waals surface area contributed by atoms with Crippen molar-refractivity contribution in [2.24, 2.45) is 0 Å². The van der Waals surface area contributed by atoms with Crippen LogP contribution in [-0.4, -0.2) is 86.7 Å². The van der Waals surface area contributed by atoms with E-state index in [4.69, 9.17) is 14.2 Å². The van der Waals surface area contributed by atoms with Gasteiger partial charge in [-0.05, 0) is 67.5 Å². The second-order valence-electron chi connectivity index (χ2n) is 9.28. The van der Waals surface area contributed by atoms with Gasteiger partial charge >= 0.3 is 0 Å². The first-order valence-corrected chi connectivity index (χ1v) is 10.5. The summed E-state index contributed by atoms with van der Waals surface area (Å²) in [6.07, 6.45) is 4.15. The molecule has 0 unspecified atom stereocenters. The minimum atomic E-state index is -0.00765. The number of hydrogen-bond donors (Lipinski definition) is 0. The molecule has 0 N–H and O–H groups in total. The van der Waals surface area contributed by atoms with Crippen LogP contribution in [0.2, 0.25) is 0 Å². The van der Waals surface area contributed by atoms with Gasteiger partial charge in [0.25, 0.3) is 0 Å². The minimum absolute atomic E-state index is 0.00765. The molecule has 5 nitrogen and oxygen atoms in total. The SMILES string of the molecule is CC(C)(C)OCCN1CCCCC1.CC(C)(C)OCCN1CCOCC1. The summed E-state index contributed by atoms with van der Waals surface area (Å²) in [5.74, 6) is 0. The number of nitrogens with zero attached hydrogens (tertiary/aromatic N) is 2. The molecule has 2 aliphatic heterocycles. The van der Waals surface area contributed by atoms with Crippen molar-refractivity contribution in [2.45, 2.75) is 72.0 Å².